The molecule has 0 aliphatic carbocycles. The third-order valence-electron chi connectivity index (χ3n) is 2.65. The van der Waals surface area contributed by atoms with Gasteiger partial charge < -0.3 is 9.73 Å². The zero-order valence-corrected chi connectivity index (χ0v) is 10.7. The van der Waals surface area contributed by atoms with Gasteiger partial charge in [0.1, 0.15) is 5.76 Å². The van der Waals surface area contributed by atoms with Gasteiger partial charge in [0.05, 0.1) is 35.1 Å². The summed E-state index contributed by atoms with van der Waals surface area (Å²) in [6, 6.07) is 7.49. The van der Waals surface area contributed by atoms with Gasteiger partial charge in [0.2, 0.25) is 0 Å². The van der Waals surface area contributed by atoms with Crippen LogP contribution in [-0.2, 0) is 6.54 Å². The Bertz CT molecular complexity index is 656. The van der Waals surface area contributed by atoms with Gasteiger partial charge in [-0.1, -0.05) is 6.07 Å². The van der Waals surface area contributed by atoms with Crippen molar-refractivity contribution in [2.75, 3.05) is 0 Å². The summed E-state index contributed by atoms with van der Waals surface area (Å²) in [5, 5.41) is 11.6. The molecule has 0 atom stereocenters. The molecule has 1 amide bonds. The molecular weight excluding hydrogens is 262 g/mol. The van der Waals surface area contributed by atoms with Crippen LogP contribution in [0.3, 0.4) is 0 Å². The van der Waals surface area contributed by atoms with Gasteiger partial charge in [-0.2, -0.15) is 5.10 Å². The van der Waals surface area contributed by atoms with Crippen LogP contribution < -0.4 is 5.32 Å². The van der Waals surface area contributed by atoms with E-state index in [1.807, 2.05) is 23.6 Å². The monoisotopic (exact) mass is 273 g/mol. The van der Waals surface area contributed by atoms with Gasteiger partial charge in [-0.25, -0.2) is 0 Å². The molecule has 0 saturated carbocycles. The van der Waals surface area contributed by atoms with Crippen LogP contribution in [0.5, 0.6) is 0 Å². The number of furan rings is 1. The second-order valence-electron chi connectivity index (χ2n) is 3.90. The lowest BCUT2D eigenvalue weighted by Gasteiger charge is -2.03. The van der Waals surface area contributed by atoms with Crippen LogP contribution in [0, 0.1) is 0 Å². The van der Waals surface area contributed by atoms with Crippen LogP contribution in [0.1, 0.15) is 16.1 Å². The first kappa shape index (κ1) is 11.7. The number of carbonyl (C=O) groups excluding carboxylic acids is 1. The first-order valence-electron chi connectivity index (χ1n) is 5.72. The molecule has 0 saturated heterocycles. The van der Waals surface area contributed by atoms with Crippen molar-refractivity contribution in [2.45, 2.75) is 6.54 Å². The number of rotatable bonds is 4. The lowest BCUT2D eigenvalue weighted by atomic mass is 10.2. The van der Waals surface area contributed by atoms with Crippen LogP contribution in [-0.4, -0.2) is 16.1 Å². The Morgan fingerprint density at radius 3 is 3.11 bits per heavy atom. The SMILES string of the molecule is O=C(NCc1ccco1)c1cn[nH]c1-c1cccs1. The van der Waals surface area contributed by atoms with Crippen molar-refractivity contribution in [2.24, 2.45) is 0 Å². The fraction of sp³-hybridized carbons (Fsp3) is 0.0769. The van der Waals surface area contributed by atoms with Crippen molar-refractivity contribution in [1.82, 2.24) is 15.5 Å². The van der Waals surface area contributed by atoms with Gasteiger partial charge in [-0.3, -0.25) is 9.89 Å². The summed E-state index contributed by atoms with van der Waals surface area (Å²) in [7, 11) is 0. The quantitative estimate of drug-likeness (QED) is 0.767. The molecule has 19 heavy (non-hydrogen) atoms. The highest BCUT2D eigenvalue weighted by Gasteiger charge is 2.15. The van der Waals surface area contributed by atoms with Crippen molar-refractivity contribution in [3.63, 3.8) is 0 Å². The Balaban J connectivity index is 1.75. The Labute approximate surface area is 113 Å². The van der Waals surface area contributed by atoms with E-state index in [1.54, 1.807) is 23.7 Å². The van der Waals surface area contributed by atoms with Gasteiger partial charge in [0.25, 0.3) is 5.91 Å². The van der Waals surface area contributed by atoms with E-state index in [4.69, 9.17) is 4.42 Å². The number of thiophene rings is 1. The summed E-state index contributed by atoms with van der Waals surface area (Å²) in [4.78, 5) is 13.1. The number of carbonyl (C=O) groups is 1. The van der Waals surface area contributed by atoms with Crippen LogP contribution in [0.4, 0.5) is 0 Å². The molecule has 96 valence electrons. The molecule has 3 rings (SSSR count). The number of aromatic nitrogens is 2. The Kier molecular flexibility index (Phi) is 3.16. The molecule has 0 unspecified atom stereocenters. The van der Waals surface area contributed by atoms with E-state index in [1.165, 1.54) is 6.20 Å². The molecule has 0 radical (unpaired) electrons. The van der Waals surface area contributed by atoms with Gasteiger partial charge in [0.15, 0.2) is 0 Å². The Hall–Kier alpha value is -2.34. The first-order chi connectivity index (χ1) is 9.34. The summed E-state index contributed by atoms with van der Waals surface area (Å²) in [5.41, 5.74) is 1.28. The van der Waals surface area contributed by atoms with E-state index in [-0.39, 0.29) is 5.91 Å². The minimum Gasteiger partial charge on any atom is -0.467 e. The lowest BCUT2D eigenvalue weighted by Crippen LogP contribution is -2.22. The highest BCUT2D eigenvalue weighted by Crippen LogP contribution is 2.25. The minimum atomic E-state index is -0.173. The largest absolute Gasteiger partial charge is 0.467 e. The third-order valence-corrected chi connectivity index (χ3v) is 3.54. The van der Waals surface area contributed by atoms with Crippen molar-refractivity contribution in [1.29, 1.82) is 0 Å². The van der Waals surface area contributed by atoms with Gasteiger partial charge in [-0.05, 0) is 23.6 Å². The number of aromatic amines is 1. The molecule has 0 aliphatic rings. The van der Waals surface area contributed by atoms with E-state index in [9.17, 15) is 4.79 Å². The normalized spacial score (nSPS) is 10.5. The second kappa shape index (κ2) is 5.11. The highest BCUT2D eigenvalue weighted by atomic mass is 32.1. The maximum absolute atomic E-state index is 12.1. The maximum Gasteiger partial charge on any atom is 0.255 e. The minimum absolute atomic E-state index is 0.173. The molecule has 0 spiro atoms. The zero-order chi connectivity index (χ0) is 13.1. The molecule has 2 N–H and O–H groups in total. The average molecular weight is 273 g/mol. The molecule has 6 heteroatoms. The van der Waals surface area contributed by atoms with Crippen molar-refractivity contribution in [3.05, 3.63) is 53.4 Å². The van der Waals surface area contributed by atoms with E-state index in [0.717, 1.165) is 16.3 Å². The topological polar surface area (TPSA) is 70.9 Å². The van der Waals surface area contributed by atoms with E-state index >= 15 is 0 Å². The fourth-order valence-electron chi connectivity index (χ4n) is 1.74. The number of amides is 1. The fourth-order valence-corrected chi connectivity index (χ4v) is 2.48. The zero-order valence-electron chi connectivity index (χ0n) is 9.92. The van der Waals surface area contributed by atoms with Gasteiger partial charge in [0, 0.05) is 0 Å². The molecule has 3 aromatic heterocycles. The van der Waals surface area contributed by atoms with Crippen LogP contribution in [0.15, 0.2) is 46.5 Å². The average Bonchev–Trinajstić information content (AvgIpc) is 3.14. The summed E-state index contributed by atoms with van der Waals surface area (Å²) >= 11 is 1.56. The number of nitrogens with one attached hydrogen (secondary N) is 2. The van der Waals surface area contributed by atoms with Crippen LogP contribution >= 0.6 is 11.3 Å². The van der Waals surface area contributed by atoms with E-state index in [0.29, 0.717) is 12.1 Å². The van der Waals surface area contributed by atoms with Crippen LogP contribution in [0.2, 0.25) is 0 Å². The molecule has 5 nitrogen and oxygen atoms in total. The van der Waals surface area contributed by atoms with Gasteiger partial charge >= 0.3 is 0 Å². The molecule has 3 aromatic rings. The van der Waals surface area contributed by atoms with Crippen LogP contribution in [0.25, 0.3) is 10.6 Å². The summed E-state index contributed by atoms with van der Waals surface area (Å²) in [5.74, 6) is 0.545. The predicted molar refractivity (Wildman–Crippen MR) is 71.8 cm³/mol. The van der Waals surface area contributed by atoms with E-state index in [2.05, 4.69) is 15.5 Å². The molecular formula is C13H11N3O2S. The number of H-pyrrole nitrogens is 1. The van der Waals surface area contributed by atoms with E-state index < -0.39 is 0 Å². The summed E-state index contributed by atoms with van der Waals surface area (Å²) < 4.78 is 5.17. The summed E-state index contributed by atoms with van der Waals surface area (Å²) in [6.45, 7) is 0.362. The highest BCUT2D eigenvalue weighted by molar-refractivity contribution is 7.13. The number of hydrogen-bond acceptors (Lipinski definition) is 4. The standard InChI is InChI=1S/C13H11N3O2S/c17-13(14-7-9-3-1-5-18-9)10-8-15-16-12(10)11-4-2-6-19-11/h1-6,8H,7H2,(H,14,17)(H,15,16). The summed E-state index contributed by atoms with van der Waals surface area (Å²) in [6.07, 6.45) is 3.11. The molecule has 0 aromatic carbocycles. The Morgan fingerprint density at radius 2 is 2.37 bits per heavy atom. The number of hydrogen-bond donors (Lipinski definition) is 2. The predicted octanol–water partition coefficient (Wildman–Crippen LogP) is 2.66. The molecule has 0 fully saturated rings. The van der Waals surface area contributed by atoms with Crippen molar-refractivity contribution in [3.8, 4) is 10.6 Å². The first-order valence-corrected chi connectivity index (χ1v) is 6.60. The van der Waals surface area contributed by atoms with Crippen molar-refractivity contribution < 1.29 is 9.21 Å². The second-order valence-corrected chi connectivity index (χ2v) is 4.85. The lowest BCUT2D eigenvalue weighted by molar-refractivity contribution is 0.0949. The Morgan fingerprint density at radius 1 is 1.42 bits per heavy atom. The maximum atomic E-state index is 12.1. The smallest absolute Gasteiger partial charge is 0.255 e. The van der Waals surface area contributed by atoms with Crippen molar-refractivity contribution >= 4 is 17.2 Å². The molecule has 3 heterocycles. The van der Waals surface area contributed by atoms with Gasteiger partial charge in [-0.15, -0.1) is 11.3 Å². The third kappa shape index (κ3) is 2.43. The molecule has 0 aliphatic heterocycles. The molecule has 0 bridgehead atoms. The number of nitrogens with zero attached hydrogens (tertiary/aromatic N) is 1.